The predicted octanol–water partition coefficient (Wildman–Crippen LogP) is 10.7. The Hall–Kier alpha value is -5.78. The number of para-hydroxylation sites is 3. The van der Waals surface area contributed by atoms with Gasteiger partial charge in [-0.25, -0.2) is 9.97 Å². The molecule has 0 aliphatic rings. The standard InChI is InChI=1S/C40H24N4S/c1-3-13-25(14-4-1)37-39(41-38-29-19-9-12-22-36(29)45-40(38)42-37)44-33-21-11-8-18-28(33)31-23-34-30(24-35(31)44)27-17-7-10-20-32(27)43(34)26-15-5-2-6-16-26/h1-24H. The summed E-state index contributed by atoms with van der Waals surface area (Å²) in [4.78, 5) is 11.8. The second kappa shape index (κ2) is 9.36. The Labute approximate surface area is 262 Å². The fraction of sp³-hybridized carbons (Fsp3) is 0. The van der Waals surface area contributed by atoms with Crippen LogP contribution < -0.4 is 0 Å². The SMILES string of the molecule is c1ccc(-c2nc3sc4ccccc4c3nc2-n2c3ccccc3c3cc4c(cc32)c2ccccc2n4-c2ccccc2)cc1. The Kier molecular flexibility index (Phi) is 5.12. The quantitative estimate of drug-likeness (QED) is 0.205. The highest BCUT2D eigenvalue weighted by Crippen LogP contribution is 2.42. The van der Waals surface area contributed by atoms with Gasteiger partial charge in [0.25, 0.3) is 0 Å². The molecule has 0 saturated heterocycles. The molecular weight excluding hydrogens is 569 g/mol. The highest BCUT2D eigenvalue weighted by Gasteiger charge is 2.22. The van der Waals surface area contributed by atoms with E-state index in [2.05, 4.69) is 149 Å². The van der Waals surface area contributed by atoms with E-state index in [0.29, 0.717) is 0 Å². The number of benzene rings is 6. The lowest BCUT2D eigenvalue weighted by Crippen LogP contribution is -2.03. The highest BCUT2D eigenvalue weighted by molar-refractivity contribution is 7.25. The highest BCUT2D eigenvalue weighted by atomic mass is 32.1. The van der Waals surface area contributed by atoms with Crippen LogP contribution >= 0.6 is 11.3 Å². The summed E-state index contributed by atoms with van der Waals surface area (Å²) in [6, 6.07) is 51.7. The van der Waals surface area contributed by atoms with Gasteiger partial charge in [0.15, 0.2) is 5.82 Å². The summed E-state index contributed by atoms with van der Waals surface area (Å²) < 4.78 is 5.91. The minimum Gasteiger partial charge on any atom is -0.309 e. The molecule has 6 aromatic carbocycles. The molecule has 0 spiro atoms. The molecular formula is C40H24N4S. The normalized spacial score (nSPS) is 12.0. The summed E-state index contributed by atoms with van der Waals surface area (Å²) >= 11 is 1.70. The molecule has 0 amide bonds. The third kappa shape index (κ3) is 3.53. The summed E-state index contributed by atoms with van der Waals surface area (Å²) in [7, 11) is 0. The minimum absolute atomic E-state index is 0.842. The van der Waals surface area contributed by atoms with E-state index in [1.54, 1.807) is 11.3 Å². The van der Waals surface area contributed by atoms with E-state index < -0.39 is 0 Å². The van der Waals surface area contributed by atoms with Crippen molar-refractivity contribution in [3.8, 4) is 22.8 Å². The molecule has 0 radical (unpaired) electrons. The first-order valence-electron chi connectivity index (χ1n) is 15.1. The van der Waals surface area contributed by atoms with Gasteiger partial charge in [-0.2, -0.15) is 0 Å². The molecule has 4 nitrogen and oxygen atoms in total. The van der Waals surface area contributed by atoms with Gasteiger partial charge in [0, 0.05) is 42.9 Å². The van der Waals surface area contributed by atoms with Gasteiger partial charge in [-0.05, 0) is 42.5 Å². The van der Waals surface area contributed by atoms with Crippen LogP contribution in [0, 0.1) is 0 Å². The maximum absolute atomic E-state index is 5.48. The van der Waals surface area contributed by atoms with Crippen molar-refractivity contribution in [2.75, 3.05) is 0 Å². The third-order valence-corrected chi connectivity index (χ3v) is 9.99. The number of nitrogens with zero attached hydrogens (tertiary/aromatic N) is 4. The van der Waals surface area contributed by atoms with Crippen LogP contribution in [0.5, 0.6) is 0 Å². The van der Waals surface area contributed by atoms with E-state index in [1.165, 1.54) is 37.3 Å². The van der Waals surface area contributed by atoms with Crippen LogP contribution in [0.2, 0.25) is 0 Å². The zero-order valence-electron chi connectivity index (χ0n) is 24.1. The van der Waals surface area contributed by atoms with Crippen LogP contribution in [-0.4, -0.2) is 19.1 Å². The third-order valence-electron chi connectivity index (χ3n) is 8.93. The van der Waals surface area contributed by atoms with E-state index >= 15 is 0 Å². The van der Waals surface area contributed by atoms with Crippen molar-refractivity contribution in [2.45, 2.75) is 0 Å². The molecule has 0 atom stereocenters. The fourth-order valence-electron chi connectivity index (χ4n) is 6.97. The summed E-state index contributed by atoms with van der Waals surface area (Å²) in [5.74, 6) is 0.842. The minimum atomic E-state index is 0.842. The van der Waals surface area contributed by atoms with Gasteiger partial charge in [-0.15, -0.1) is 11.3 Å². The Balaban J connectivity index is 1.39. The molecule has 0 aliphatic carbocycles. The molecule has 0 fully saturated rings. The number of hydrogen-bond donors (Lipinski definition) is 0. The van der Waals surface area contributed by atoms with Crippen LogP contribution in [0.25, 0.3) is 86.8 Å². The monoisotopic (exact) mass is 592 g/mol. The number of rotatable bonds is 3. The lowest BCUT2D eigenvalue weighted by Gasteiger charge is -2.13. The topological polar surface area (TPSA) is 35.6 Å². The first-order chi connectivity index (χ1) is 22.3. The van der Waals surface area contributed by atoms with E-state index in [9.17, 15) is 0 Å². The molecule has 10 aromatic rings. The Morgan fingerprint density at radius 1 is 0.444 bits per heavy atom. The van der Waals surface area contributed by atoms with Crippen molar-refractivity contribution >= 4 is 75.4 Å². The van der Waals surface area contributed by atoms with Gasteiger partial charge in [0.2, 0.25) is 0 Å². The summed E-state index contributed by atoms with van der Waals surface area (Å²) in [5.41, 5.74) is 8.63. The van der Waals surface area contributed by atoms with Crippen LogP contribution in [0.15, 0.2) is 146 Å². The van der Waals surface area contributed by atoms with Crippen LogP contribution in [-0.2, 0) is 0 Å². The second-order valence-electron chi connectivity index (χ2n) is 11.4. The van der Waals surface area contributed by atoms with Gasteiger partial charge in [0.05, 0.1) is 22.1 Å². The molecule has 0 N–H and O–H groups in total. The molecule has 10 rings (SSSR count). The average molecular weight is 593 g/mol. The molecule has 4 heterocycles. The van der Waals surface area contributed by atoms with Gasteiger partial charge in [0.1, 0.15) is 16.0 Å². The molecule has 0 unspecified atom stereocenters. The molecule has 0 saturated carbocycles. The smallest absolute Gasteiger partial charge is 0.165 e. The van der Waals surface area contributed by atoms with Crippen LogP contribution in [0.3, 0.4) is 0 Å². The largest absolute Gasteiger partial charge is 0.309 e. The number of aromatic nitrogens is 4. The average Bonchev–Trinajstić information content (AvgIpc) is 3.74. The number of hydrogen-bond acceptors (Lipinski definition) is 3. The van der Waals surface area contributed by atoms with Crippen LogP contribution in [0.4, 0.5) is 0 Å². The van der Waals surface area contributed by atoms with E-state index in [4.69, 9.17) is 9.97 Å². The Morgan fingerprint density at radius 3 is 1.71 bits per heavy atom. The maximum atomic E-state index is 5.48. The van der Waals surface area contributed by atoms with Crippen molar-refractivity contribution in [1.29, 1.82) is 0 Å². The molecule has 5 heteroatoms. The zero-order valence-corrected chi connectivity index (χ0v) is 24.9. The van der Waals surface area contributed by atoms with Crippen LogP contribution in [0.1, 0.15) is 0 Å². The van der Waals surface area contributed by atoms with Crippen molar-refractivity contribution in [3.63, 3.8) is 0 Å². The van der Waals surface area contributed by atoms with E-state index in [-0.39, 0.29) is 0 Å². The van der Waals surface area contributed by atoms with Gasteiger partial charge in [-0.1, -0.05) is 103 Å². The predicted molar refractivity (Wildman–Crippen MR) is 189 cm³/mol. The summed E-state index contributed by atoms with van der Waals surface area (Å²) in [5, 5.41) is 5.95. The first kappa shape index (κ1) is 24.6. The van der Waals surface area contributed by atoms with Gasteiger partial charge < -0.3 is 4.57 Å². The van der Waals surface area contributed by atoms with Crippen molar-refractivity contribution < 1.29 is 0 Å². The van der Waals surface area contributed by atoms with Crippen molar-refractivity contribution in [2.24, 2.45) is 0 Å². The molecule has 0 aliphatic heterocycles. The lowest BCUT2D eigenvalue weighted by atomic mass is 10.1. The summed E-state index contributed by atoms with van der Waals surface area (Å²) in [6.45, 7) is 0. The zero-order chi connectivity index (χ0) is 29.5. The number of thiophene rings is 1. The van der Waals surface area contributed by atoms with E-state index in [1.807, 2.05) is 6.07 Å². The number of fused-ring (bicyclic) bond motifs is 9. The second-order valence-corrected chi connectivity index (χ2v) is 12.5. The molecule has 4 aromatic heterocycles. The Bertz CT molecular complexity index is 2750. The maximum Gasteiger partial charge on any atom is 0.165 e. The van der Waals surface area contributed by atoms with Crippen molar-refractivity contribution in [3.05, 3.63) is 146 Å². The lowest BCUT2D eigenvalue weighted by molar-refractivity contribution is 1.08. The molecule has 0 bridgehead atoms. The fourth-order valence-corrected chi connectivity index (χ4v) is 7.99. The molecule has 210 valence electrons. The van der Waals surface area contributed by atoms with Crippen molar-refractivity contribution in [1.82, 2.24) is 19.1 Å². The summed E-state index contributed by atoms with van der Waals surface area (Å²) in [6.07, 6.45) is 0. The van der Waals surface area contributed by atoms with Gasteiger partial charge in [-0.3, -0.25) is 4.57 Å². The van der Waals surface area contributed by atoms with Gasteiger partial charge >= 0.3 is 0 Å². The van der Waals surface area contributed by atoms with E-state index in [0.717, 1.165) is 49.5 Å². The Morgan fingerprint density at radius 2 is 1.00 bits per heavy atom. The molecule has 45 heavy (non-hydrogen) atoms. The first-order valence-corrected chi connectivity index (χ1v) is 15.9.